The summed E-state index contributed by atoms with van der Waals surface area (Å²) in [6, 6.07) is 9.23. The van der Waals surface area contributed by atoms with Crippen molar-refractivity contribution in [2.45, 2.75) is 13.0 Å². The lowest BCUT2D eigenvalue weighted by atomic mass is 10.3. The number of hydrogen-bond acceptors (Lipinski definition) is 6. The van der Waals surface area contributed by atoms with Crippen LogP contribution < -0.4 is 4.74 Å². The first-order valence-electron chi connectivity index (χ1n) is 5.37. The fourth-order valence-corrected chi connectivity index (χ4v) is 1.44. The van der Waals surface area contributed by atoms with E-state index >= 15 is 0 Å². The van der Waals surface area contributed by atoms with Crippen LogP contribution in [-0.2, 0) is 19.3 Å². The second-order valence-electron chi connectivity index (χ2n) is 3.54. The minimum atomic E-state index is -4.64. The molecule has 1 unspecified atom stereocenters. The molecule has 102 valence electrons. The van der Waals surface area contributed by atoms with Gasteiger partial charge >= 0.3 is 0 Å². The van der Waals surface area contributed by atoms with Crippen molar-refractivity contribution >= 4 is 10.4 Å². The molecule has 0 heterocycles. The van der Waals surface area contributed by atoms with Gasteiger partial charge in [-0.2, -0.15) is 0 Å². The van der Waals surface area contributed by atoms with Crippen molar-refractivity contribution < 1.29 is 26.6 Å². The van der Waals surface area contributed by atoms with E-state index in [2.05, 4.69) is 4.18 Å². The monoisotopic (exact) mass is 275 g/mol. The van der Waals surface area contributed by atoms with Gasteiger partial charge in [0.2, 0.25) is 10.4 Å². The van der Waals surface area contributed by atoms with Gasteiger partial charge in [0.25, 0.3) is 0 Å². The van der Waals surface area contributed by atoms with Crippen LogP contribution in [0, 0.1) is 0 Å². The fraction of sp³-hybridized carbons (Fsp3) is 0.455. The first kappa shape index (κ1) is 14.9. The molecule has 0 fully saturated rings. The lowest BCUT2D eigenvalue weighted by molar-refractivity contribution is 0.0164. The summed E-state index contributed by atoms with van der Waals surface area (Å²) in [6.45, 7) is 1.82. The first-order valence-corrected chi connectivity index (χ1v) is 6.70. The Balaban J connectivity index is 2.13. The molecule has 0 bridgehead atoms. The van der Waals surface area contributed by atoms with Crippen LogP contribution in [0.1, 0.15) is 6.92 Å². The molecule has 0 aromatic heterocycles. The Morgan fingerprint density at radius 1 is 1.22 bits per heavy atom. The van der Waals surface area contributed by atoms with Gasteiger partial charge in [0.1, 0.15) is 12.4 Å². The summed E-state index contributed by atoms with van der Waals surface area (Å²) < 4.78 is 45.0. The topological polar surface area (TPSA) is 84.9 Å². The molecule has 1 atom stereocenters. The highest BCUT2D eigenvalue weighted by atomic mass is 32.3. The smallest absolute Gasteiger partial charge is 0.217 e. The van der Waals surface area contributed by atoms with Gasteiger partial charge in [-0.3, -0.25) is 4.18 Å². The Bertz CT molecular complexity index is 430. The maximum absolute atomic E-state index is 10.1. The van der Waals surface area contributed by atoms with Crippen LogP contribution in [0.15, 0.2) is 30.3 Å². The van der Waals surface area contributed by atoms with Gasteiger partial charge in [0, 0.05) is 0 Å². The molecule has 0 radical (unpaired) electrons. The molecule has 18 heavy (non-hydrogen) atoms. The van der Waals surface area contributed by atoms with E-state index in [1.165, 1.54) is 0 Å². The maximum Gasteiger partial charge on any atom is 0.217 e. The average molecular weight is 275 g/mol. The summed E-state index contributed by atoms with van der Waals surface area (Å²) in [5, 5.41) is 0. The number of para-hydroxylation sites is 1. The molecule has 0 spiro atoms. The minimum Gasteiger partial charge on any atom is -0.726 e. The molecular formula is C11H15O6S-. The van der Waals surface area contributed by atoms with E-state index in [4.69, 9.17) is 9.47 Å². The van der Waals surface area contributed by atoms with Crippen LogP contribution in [0.25, 0.3) is 0 Å². The normalized spacial score (nSPS) is 13.2. The third-order valence-electron chi connectivity index (χ3n) is 1.94. The molecule has 6 nitrogen and oxygen atoms in total. The number of ether oxygens (including phenoxy) is 2. The summed E-state index contributed by atoms with van der Waals surface area (Å²) in [7, 11) is -4.64. The molecule has 0 saturated heterocycles. The highest BCUT2D eigenvalue weighted by molar-refractivity contribution is 7.80. The minimum absolute atomic E-state index is 0.0147. The maximum atomic E-state index is 10.1. The molecule has 1 aromatic carbocycles. The van der Waals surface area contributed by atoms with E-state index in [-0.39, 0.29) is 19.3 Å². The van der Waals surface area contributed by atoms with Crippen LogP contribution in [0.2, 0.25) is 0 Å². The molecule has 0 amide bonds. The Kier molecular flexibility index (Phi) is 6.06. The largest absolute Gasteiger partial charge is 0.726 e. The Hall–Kier alpha value is -1.15. The van der Waals surface area contributed by atoms with Crippen LogP contribution in [0.5, 0.6) is 5.75 Å². The third kappa shape index (κ3) is 7.23. The van der Waals surface area contributed by atoms with E-state index in [0.717, 1.165) is 5.75 Å². The van der Waals surface area contributed by atoms with Gasteiger partial charge in [0.15, 0.2) is 0 Å². The van der Waals surface area contributed by atoms with Crippen LogP contribution in [0.3, 0.4) is 0 Å². The van der Waals surface area contributed by atoms with Crippen molar-refractivity contribution in [1.29, 1.82) is 0 Å². The quantitative estimate of drug-likeness (QED) is 0.399. The zero-order chi connectivity index (χ0) is 13.4. The molecule has 1 aromatic rings. The van der Waals surface area contributed by atoms with Gasteiger partial charge in [-0.15, -0.1) is 0 Å². The van der Waals surface area contributed by atoms with E-state index in [1.54, 1.807) is 6.92 Å². The summed E-state index contributed by atoms with van der Waals surface area (Å²) in [5.74, 6) is 0.728. The summed E-state index contributed by atoms with van der Waals surface area (Å²) >= 11 is 0. The Morgan fingerprint density at radius 3 is 2.50 bits per heavy atom. The predicted octanol–water partition coefficient (Wildman–Crippen LogP) is 0.947. The highest BCUT2D eigenvalue weighted by Gasteiger charge is 2.04. The predicted molar refractivity (Wildman–Crippen MR) is 63.0 cm³/mol. The fourth-order valence-electron chi connectivity index (χ4n) is 1.16. The van der Waals surface area contributed by atoms with Crippen molar-refractivity contribution in [3.63, 3.8) is 0 Å². The van der Waals surface area contributed by atoms with Crippen LogP contribution in [0.4, 0.5) is 0 Å². The average Bonchev–Trinajstić information content (AvgIpc) is 2.32. The third-order valence-corrected chi connectivity index (χ3v) is 2.40. The zero-order valence-electron chi connectivity index (χ0n) is 9.94. The molecule has 1 rings (SSSR count). The van der Waals surface area contributed by atoms with Crippen molar-refractivity contribution in [2.75, 3.05) is 19.8 Å². The number of benzene rings is 1. The summed E-state index contributed by atoms with van der Waals surface area (Å²) in [5.41, 5.74) is 0. The van der Waals surface area contributed by atoms with Gasteiger partial charge < -0.3 is 14.0 Å². The summed E-state index contributed by atoms with van der Waals surface area (Å²) in [4.78, 5) is 0. The molecule has 7 heteroatoms. The second-order valence-corrected chi connectivity index (χ2v) is 4.59. The van der Waals surface area contributed by atoms with Crippen molar-refractivity contribution in [3.05, 3.63) is 30.3 Å². The van der Waals surface area contributed by atoms with Crippen molar-refractivity contribution in [3.8, 4) is 5.75 Å². The van der Waals surface area contributed by atoms with E-state index in [9.17, 15) is 13.0 Å². The molecule has 0 aliphatic carbocycles. The second kappa shape index (κ2) is 7.32. The standard InChI is InChI=1S/C11H16O6S/c1-10(15-7-8-17-18(12,13)14)9-16-11-5-3-2-4-6-11/h2-6,10H,7-9H2,1H3,(H,12,13,14)/p-1. The van der Waals surface area contributed by atoms with E-state index < -0.39 is 10.4 Å². The van der Waals surface area contributed by atoms with Gasteiger partial charge in [-0.25, -0.2) is 8.42 Å². The highest BCUT2D eigenvalue weighted by Crippen LogP contribution is 2.09. The molecule has 0 aliphatic heterocycles. The number of rotatable bonds is 8. The van der Waals surface area contributed by atoms with Crippen LogP contribution >= 0.6 is 0 Å². The van der Waals surface area contributed by atoms with E-state index in [0.29, 0.717) is 6.61 Å². The van der Waals surface area contributed by atoms with Crippen molar-refractivity contribution in [1.82, 2.24) is 0 Å². The Labute approximate surface area is 106 Å². The van der Waals surface area contributed by atoms with Crippen LogP contribution in [-0.4, -0.2) is 38.9 Å². The first-order chi connectivity index (χ1) is 8.47. The van der Waals surface area contributed by atoms with Crippen molar-refractivity contribution in [2.24, 2.45) is 0 Å². The van der Waals surface area contributed by atoms with Gasteiger partial charge in [0.05, 0.1) is 19.3 Å². The molecule has 0 N–H and O–H groups in total. The lowest BCUT2D eigenvalue weighted by Crippen LogP contribution is -2.21. The number of hydrogen-bond donors (Lipinski definition) is 0. The van der Waals surface area contributed by atoms with E-state index in [1.807, 2.05) is 30.3 Å². The summed E-state index contributed by atoms with van der Waals surface area (Å²) in [6.07, 6.45) is -0.233. The van der Waals surface area contributed by atoms with Gasteiger partial charge in [-0.05, 0) is 19.1 Å². The SMILES string of the molecule is CC(COc1ccccc1)OCCOS(=O)(=O)[O-]. The Morgan fingerprint density at radius 2 is 1.89 bits per heavy atom. The lowest BCUT2D eigenvalue weighted by Gasteiger charge is -2.14. The molecular weight excluding hydrogens is 260 g/mol. The van der Waals surface area contributed by atoms with Gasteiger partial charge in [-0.1, -0.05) is 18.2 Å². The molecule has 0 aliphatic rings. The molecule has 0 saturated carbocycles. The zero-order valence-corrected chi connectivity index (χ0v) is 10.8.